The lowest BCUT2D eigenvalue weighted by molar-refractivity contribution is 0.522. The van der Waals surface area contributed by atoms with E-state index in [1.807, 2.05) is 6.20 Å². The van der Waals surface area contributed by atoms with E-state index in [1.165, 1.54) is 140 Å². The Kier molecular flexibility index (Phi) is 18.0. The van der Waals surface area contributed by atoms with Gasteiger partial charge in [-0.1, -0.05) is 129 Å². The second kappa shape index (κ2) is 20.0. The quantitative estimate of drug-likeness (QED) is 0.206. The largest absolute Gasteiger partial charge is 0.367 e. The molecule has 0 aliphatic rings. The summed E-state index contributed by atoms with van der Waals surface area (Å²) in [4.78, 5) is 3.14. The van der Waals surface area contributed by atoms with E-state index in [9.17, 15) is 0 Å². The van der Waals surface area contributed by atoms with Crippen molar-refractivity contribution < 1.29 is 0 Å². The SMILES string of the molecule is CCCCCCCCCCCCCCCCCCCCCCc1cc[nH]c1. The van der Waals surface area contributed by atoms with Crippen molar-refractivity contribution in [3.63, 3.8) is 0 Å². The number of unbranched alkanes of at least 4 members (excludes halogenated alkanes) is 19. The Morgan fingerprint density at radius 2 is 0.889 bits per heavy atom. The first-order valence-corrected chi connectivity index (χ1v) is 12.5. The number of rotatable bonds is 21. The molecule has 0 bridgehead atoms. The standard InChI is InChI=1S/C26H49N/c1-2-3-4-5-6-7-8-9-10-11-12-13-14-15-16-17-18-19-20-21-22-26-23-24-27-25-26/h23-25,27H,2-22H2,1H3. The van der Waals surface area contributed by atoms with Crippen molar-refractivity contribution in [1.29, 1.82) is 0 Å². The van der Waals surface area contributed by atoms with Gasteiger partial charge in [0.25, 0.3) is 0 Å². The van der Waals surface area contributed by atoms with Crippen LogP contribution in [0.25, 0.3) is 0 Å². The predicted molar refractivity (Wildman–Crippen MR) is 123 cm³/mol. The smallest absolute Gasteiger partial charge is 0.00373 e. The molecule has 0 radical (unpaired) electrons. The van der Waals surface area contributed by atoms with Crippen LogP contribution in [0, 0.1) is 0 Å². The number of aromatic amines is 1. The fourth-order valence-electron chi connectivity index (χ4n) is 4.10. The summed E-state index contributed by atoms with van der Waals surface area (Å²) in [6.45, 7) is 2.30. The van der Waals surface area contributed by atoms with Crippen LogP contribution in [0.2, 0.25) is 0 Å². The molecule has 0 atom stereocenters. The van der Waals surface area contributed by atoms with Crippen molar-refractivity contribution in [2.45, 2.75) is 142 Å². The van der Waals surface area contributed by atoms with Crippen molar-refractivity contribution in [3.8, 4) is 0 Å². The summed E-state index contributed by atoms with van der Waals surface area (Å²) in [5, 5.41) is 0. The van der Waals surface area contributed by atoms with Gasteiger partial charge in [-0.2, -0.15) is 0 Å². The molecule has 1 N–H and O–H groups in total. The molecule has 27 heavy (non-hydrogen) atoms. The van der Waals surface area contributed by atoms with Crippen molar-refractivity contribution in [2.24, 2.45) is 0 Å². The second-order valence-corrected chi connectivity index (χ2v) is 8.69. The zero-order valence-electron chi connectivity index (χ0n) is 18.6. The third-order valence-corrected chi connectivity index (χ3v) is 5.98. The first-order valence-electron chi connectivity index (χ1n) is 12.5. The minimum atomic E-state index is 1.25. The molecule has 1 nitrogen and oxygen atoms in total. The molecule has 1 aromatic heterocycles. The van der Waals surface area contributed by atoms with E-state index in [1.54, 1.807) is 0 Å². The molecular weight excluding hydrogens is 326 g/mol. The average molecular weight is 376 g/mol. The van der Waals surface area contributed by atoms with Gasteiger partial charge in [0.15, 0.2) is 0 Å². The number of aromatic nitrogens is 1. The van der Waals surface area contributed by atoms with Crippen LogP contribution in [0.4, 0.5) is 0 Å². The van der Waals surface area contributed by atoms with Crippen LogP contribution in [0.5, 0.6) is 0 Å². The van der Waals surface area contributed by atoms with Gasteiger partial charge in [-0.05, 0) is 24.5 Å². The number of H-pyrrole nitrogens is 1. The molecule has 0 saturated carbocycles. The van der Waals surface area contributed by atoms with Gasteiger partial charge in [0.05, 0.1) is 0 Å². The van der Waals surface area contributed by atoms with Gasteiger partial charge in [0.2, 0.25) is 0 Å². The van der Waals surface area contributed by atoms with Crippen LogP contribution >= 0.6 is 0 Å². The molecule has 0 fully saturated rings. The lowest BCUT2D eigenvalue weighted by Gasteiger charge is -2.04. The summed E-state index contributed by atoms with van der Waals surface area (Å²) in [6.07, 6.45) is 34.6. The van der Waals surface area contributed by atoms with E-state index in [0.29, 0.717) is 0 Å². The highest BCUT2D eigenvalue weighted by molar-refractivity contribution is 5.07. The highest BCUT2D eigenvalue weighted by atomic mass is 14.6. The third kappa shape index (κ3) is 17.1. The van der Waals surface area contributed by atoms with Crippen LogP contribution in [0.1, 0.15) is 141 Å². The Labute approximate surface area is 171 Å². The van der Waals surface area contributed by atoms with Gasteiger partial charge in [0, 0.05) is 12.4 Å². The van der Waals surface area contributed by atoms with E-state index in [0.717, 1.165) is 0 Å². The van der Waals surface area contributed by atoms with Crippen molar-refractivity contribution in [3.05, 3.63) is 24.0 Å². The summed E-state index contributed by atoms with van der Waals surface area (Å²) >= 11 is 0. The summed E-state index contributed by atoms with van der Waals surface area (Å²) in [6, 6.07) is 2.20. The second-order valence-electron chi connectivity index (χ2n) is 8.69. The van der Waals surface area contributed by atoms with E-state index in [4.69, 9.17) is 0 Å². The molecule has 1 heterocycles. The normalized spacial score (nSPS) is 11.3. The zero-order valence-corrected chi connectivity index (χ0v) is 18.6. The van der Waals surface area contributed by atoms with Gasteiger partial charge in [-0.25, -0.2) is 0 Å². The molecule has 1 heteroatoms. The Balaban J connectivity index is 1.64. The summed E-state index contributed by atoms with van der Waals surface area (Å²) < 4.78 is 0. The van der Waals surface area contributed by atoms with Gasteiger partial charge >= 0.3 is 0 Å². The molecule has 0 aliphatic heterocycles. The monoisotopic (exact) mass is 375 g/mol. The molecule has 0 aromatic carbocycles. The molecule has 0 aliphatic carbocycles. The number of aryl methyl sites for hydroxylation is 1. The van der Waals surface area contributed by atoms with Crippen LogP contribution in [0.15, 0.2) is 18.5 Å². The molecule has 0 amide bonds. The molecule has 1 rings (SSSR count). The topological polar surface area (TPSA) is 15.8 Å². The van der Waals surface area contributed by atoms with E-state index in [-0.39, 0.29) is 0 Å². The van der Waals surface area contributed by atoms with E-state index in [2.05, 4.69) is 24.2 Å². The highest BCUT2D eigenvalue weighted by Gasteiger charge is 1.96. The zero-order chi connectivity index (χ0) is 19.3. The Bertz CT molecular complexity index is 368. The number of hydrogen-bond donors (Lipinski definition) is 1. The number of hydrogen-bond acceptors (Lipinski definition) is 0. The van der Waals surface area contributed by atoms with Crippen molar-refractivity contribution in [2.75, 3.05) is 0 Å². The van der Waals surface area contributed by atoms with Crippen LogP contribution < -0.4 is 0 Å². The van der Waals surface area contributed by atoms with Crippen molar-refractivity contribution >= 4 is 0 Å². The van der Waals surface area contributed by atoms with Gasteiger partial charge < -0.3 is 4.98 Å². The maximum atomic E-state index is 3.14. The first kappa shape index (κ1) is 24.3. The maximum absolute atomic E-state index is 3.14. The third-order valence-electron chi connectivity index (χ3n) is 5.98. The molecule has 158 valence electrons. The van der Waals surface area contributed by atoms with Crippen LogP contribution in [-0.2, 0) is 6.42 Å². The average Bonchev–Trinajstić information content (AvgIpc) is 3.20. The molecule has 0 saturated heterocycles. The maximum Gasteiger partial charge on any atom is 0.00373 e. The fraction of sp³-hybridized carbons (Fsp3) is 0.846. The Morgan fingerprint density at radius 1 is 0.519 bits per heavy atom. The lowest BCUT2D eigenvalue weighted by atomic mass is 10.0. The summed E-state index contributed by atoms with van der Waals surface area (Å²) in [7, 11) is 0. The van der Waals surface area contributed by atoms with Gasteiger partial charge in [-0.15, -0.1) is 0 Å². The fourth-order valence-corrected chi connectivity index (χ4v) is 4.10. The molecule has 1 aromatic rings. The van der Waals surface area contributed by atoms with E-state index < -0.39 is 0 Å². The minimum Gasteiger partial charge on any atom is -0.367 e. The van der Waals surface area contributed by atoms with Crippen LogP contribution in [0.3, 0.4) is 0 Å². The Morgan fingerprint density at radius 3 is 1.22 bits per heavy atom. The predicted octanol–water partition coefficient (Wildman–Crippen LogP) is 9.38. The highest BCUT2D eigenvalue weighted by Crippen LogP contribution is 2.15. The first-order chi connectivity index (χ1) is 13.4. The Hall–Kier alpha value is -0.720. The molecule has 0 unspecified atom stereocenters. The summed E-state index contributed by atoms with van der Waals surface area (Å²) in [5.41, 5.74) is 1.47. The van der Waals surface area contributed by atoms with Crippen molar-refractivity contribution in [1.82, 2.24) is 4.98 Å². The molecule has 0 spiro atoms. The van der Waals surface area contributed by atoms with Crippen LogP contribution in [-0.4, -0.2) is 4.98 Å². The van der Waals surface area contributed by atoms with Gasteiger partial charge in [0.1, 0.15) is 0 Å². The lowest BCUT2D eigenvalue weighted by Crippen LogP contribution is -1.85. The minimum absolute atomic E-state index is 1.25. The number of nitrogens with one attached hydrogen (secondary N) is 1. The summed E-state index contributed by atoms with van der Waals surface area (Å²) in [5.74, 6) is 0. The van der Waals surface area contributed by atoms with E-state index >= 15 is 0 Å². The molecular formula is C26H49N. The van der Waals surface area contributed by atoms with Gasteiger partial charge in [-0.3, -0.25) is 0 Å².